The lowest BCUT2D eigenvalue weighted by Gasteiger charge is -2.27. The minimum Gasteiger partial charge on any atom is -0.377 e. The molecule has 1 saturated carbocycles. The first-order valence-corrected chi connectivity index (χ1v) is 8.92. The lowest BCUT2D eigenvalue weighted by Crippen LogP contribution is -2.46. The number of nitrogens with one attached hydrogen (secondary N) is 1. The van der Waals surface area contributed by atoms with Crippen LogP contribution in [0.25, 0.3) is 11.4 Å². The van der Waals surface area contributed by atoms with Gasteiger partial charge >= 0.3 is 6.03 Å². The van der Waals surface area contributed by atoms with Crippen LogP contribution in [0.5, 0.6) is 0 Å². The van der Waals surface area contributed by atoms with Gasteiger partial charge in [-0.05, 0) is 43.5 Å². The zero-order valence-electron chi connectivity index (χ0n) is 13.9. The molecule has 0 bridgehead atoms. The smallest absolute Gasteiger partial charge is 0.321 e. The van der Waals surface area contributed by atoms with Crippen molar-refractivity contribution in [3.63, 3.8) is 0 Å². The van der Waals surface area contributed by atoms with Gasteiger partial charge in [0.2, 0.25) is 11.7 Å². The maximum atomic E-state index is 11.9. The molecule has 3 atom stereocenters. The fourth-order valence-electron chi connectivity index (χ4n) is 3.93. The summed E-state index contributed by atoms with van der Waals surface area (Å²) >= 11 is 0. The molecule has 5 rings (SSSR count). The minimum atomic E-state index is -0.0443. The Kier molecular flexibility index (Phi) is 3.48. The molecule has 0 unspecified atom stereocenters. The number of amides is 2. The maximum Gasteiger partial charge on any atom is 0.321 e. The van der Waals surface area contributed by atoms with E-state index >= 15 is 0 Å². The average molecular weight is 340 g/mol. The fraction of sp³-hybridized carbons (Fsp3) is 0.500. The van der Waals surface area contributed by atoms with Gasteiger partial charge in [0.25, 0.3) is 0 Å². The number of carbonyl (C=O) groups excluding carboxylic acids is 1. The molecular formula is C18H20N4O3. The zero-order valence-corrected chi connectivity index (χ0v) is 13.9. The summed E-state index contributed by atoms with van der Waals surface area (Å²) in [6.07, 6.45) is 3.51. The number of fused-ring (bicyclic) bond motifs is 1. The van der Waals surface area contributed by atoms with E-state index in [1.807, 2.05) is 24.3 Å². The number of carbonyl (C=O) groups is 1. The summed E-state index contributed by atoms with van der Waals surface area (Å²) in [5.74, 6) is 2.08. The average Bonchev–Trinajstić information content (AvgIpc) is 3.19. The summed E-state index contributed by atoms with van der Waals surface area (Å²) in [5, 5.41) is 6.99. The first kappa shape index (κ1) is 14.9. The van der Waals surface area contributed by atoms with Crippen LogP contribution < -0.4 is 10.2 Å². The number of ether oxygens (including phenoxy) is 1. The van der Waals surface area contributed by atoms with Crippen LogP contribution >= 0.6 is 0 Å². The van der Waals surface area contributed by atoms with E-state index in [0.29, 0.717) is 17.6 Å². The molecule has 3 heterocycles. The van der Waals surface area contributed by atoms with E-state index < -0.39 is 0 Å². The quantitative estimate of drug-likeness (QED) is 0.929. The van der Waals surface area contributed by atoms with Crippen LogP contribution in [0, 0.1) is 5.92 Å². The van der Waals surface area contributed by atoms with Gasteiger partial charge in [-0.1, -0.05) is 5.16 Å². The summed E-state index contributed by atoms with van der Waals surface area (Å²) in [6.45, 7) is 2.32. The van der Waals surface area contributed by atoms with Crippen molar-refractivity contribution in [1.29, 1.82) is 0 Å². The highest BCUT2D eigenvalue weighted by molar-refractivity contribution is 5.92. The summed E-state index contributed by atoms with van der Waals surface area (Å²) < 4.78 is 11.2. The predicted octanol–water partition coefficient (Wildman–Crippen LogP) is 2.55. The minimum absolute atomic E-state index is 0.0443. The van der Waals surface area contributed by atoms with Crippen molar-refractivity contribution in [2.75, 3.05) is 24.6 Å². The molecule has 7 nitrogen and oxygen atoms in total. The highest BCUT2D eigenvalue weighted by Crippen LogP contribution is 2.54. The SMILES string of the molecule is O=C1NCCCN1c1ccc(-c2noc([C@@H]3[C@H]4CCCO[C@H]43)n2)cc1. The van der Waals surface area contributed by atoms with E-state index in [9.17, 15) is 4.79 Å². The number of aromatic nitrogens is 2. The van der Waals surface area contributed by atoms with Crippen molar-refractivity contribution in [2.45, 2.75) is 31.3 Å². The second-order valence-electron chi connectivity index (χ2n) is 6.91. The zero-order chi connectivity index (χ0) is 16.8. The number of rotatable bonds is 3. The van der Waals surface area contributed by atoms with E-state index in [4.69, 9.17) is 9.26 Å². The molecule has 0 radical (unpaired) electrons. The second-order valence-corrected chi connectivity index (χ2v) is 6.91. The third kappa shape index (κ3) is 2.59. The number of hydrogen-bond donors (Lipinski definition) is 1. The summed E-state index contributed by atoms with van der Waals surface area (Å²) in [4.78, 5) is 18.2. The molecule has 2 saturated heterocycles. The Hall–Kier alpha value is -2.41. The van der Waals surface area contributed by atoms with E-state index in [-0.39, 0.29) is 18.1 Å². The van der Waals surface area contributed by atoms with Crippen LogP contribution in [0.3, 0.4) is 0 Å². The van der Waals surface area contributed by atoms with Crippen molar-refractivity contribution < 1.29 is 14.1 Å². The normalized spacial score (nSPS) is 28.4. The largest absolute Gasteiger partial charge is 0.377 e. The maximum absolute atomic E-state index is 11.9. The van der Waals surface area contributed by atoms with Crippen LogP contribution in [0.15, 0.2) is 28.8 Å². The number of benzene rings is 1. The molecule has 2 aromatic rings. The summed E-state index contributed by atoms with van der Waals surface area (Å²) in [5.41, 5.74) is 1.77. The van der Waals surface area contributed by atoms with Gasteiger partial charge in [-0.25, -0.2) is 4.79 Å². The molecule has 7 heteroatoms. The first-order chi connectivity index (χ1) is 12.3. The highest BCUT2D eigenvalue weighted by Gasteiger charge is 2.56. The highest BCUT2D eigenvalue weighted by atomic mass is 16.5. The van der Waals surface area contributed by atoms with E-state index in [1.54, 1.807) is 4.90 Å². The van der Waals surface area contributed by atoms with Crippen LogP contribution in [0.1, 0.15) is 31.1 Å². The van der Waals surface area contributed by atoms with E-state index in [2.05, 4.69) is 15.5 Å². The topological polar surface area (TPSA) is 80.5 Å². The first-order valence-electron chi connectivity index (χ1n) is 8.92. The number of urea groups is 1. The van der Waals surface area contributed by atoms with Gasteiger partial charge in [-0.15, -0.1) is 0 Å². The molecular weight excluding hydrogens is 320 g/mol. The van der Waals surface area contributed by atoms with Gasteiger partial charge in [0, 0.05) is 36.9 Å². The monoisotopic (exact) mass is 340 g/mol. The Morgan fingerprint density at radius 2 is 2.08 bits per heavy atom. The Morgan fingerprint density at radius 1 is 1.20 bits per heavy atom. The fourth-order valence-corrected chi connectivity index (χ4v) is 3.93. The van der Waals surface area contributed by atoms with Crippen LogP contribution in [-0.4, -0.2) is 42.0 Å². The Balaban J connectivity index is 1.33. The second kappa shape index (κ2) is 5.84. The van der Waals surface area contributed by atoms with Gasteiger partial charge in [0.15, 0.2) is 0 Å². The van der Waals surface area contributed by atoms with Crippen molar-refractivity contribution in [1.82, 2.24) is 15.5 Å². The molecule has 2 aliphatic heterocycles. The Morgan fingerprint density at radius 3 is 2.84 bits per heavy atom. The molecule has 2 amide bonds. The lowest BCUT2D eigenvalue weighted by molar-refractivity contribution is 0.0771. The Bertz CT molecular complexity index is 776. The number of nitrogens with zero attached hydrogens (tertiary/aromatic N) is 3. The standard InChI is InChI=1S/C18H20N4O3/c23-18-19-8-2-9-22(18)12-6-4-11(5-7-12)16-20-17(25-21-16)14-13-3-1-10-24-15(13)14/h4-7,13-15H,1-3,8-10H2,(H,19,23)/t13-,14-,15-/m1/s1. The predicted molar refractivity (Wildman–Crippen MR) is 90.3 cm³/mol. The van der Waals surface area contributed by atoms with Gasteiger partial charge in [0.1, 0.15) is 0 Å². The van der Waals surface area contributed by atoms with Crippen LogP contribution in [0.2, 0.25) is 0 Å². The molecule has 130 valence electrons. The molecule has 1 aromatic heterocycles. The van der Waals surface area contributed by atoms with Crippen molar-refractivity contribution in [2.24, 2.45) is 5.92 Å². The van der Waals surface area contributed by atoms with Crippen LogP contribution in [-0.2, 0) is 4.74 Å². The lowest BCUT2D eigenvalue weighted by atomic mass is 10.1. The van der Waals surface area contributed by atoms with Crippen LogP contribution in [0.4, 0.5) is 10.5 Å². The molecule has 0 spiro atoms. The molecule has 25 heavy (non-hydrogen) atoms. The molecule has 3 fully saturated rings. The molecule has 1 N–H and O–H groups in total. The Labute approximate surface area is 145 Å². The van der Waals surface area contributed by atoms with E-state index in [1.165, 1.54) is 6.42 Å². The third-order valence-electron chi connectivity index (χ3n) is 5.33. The number of anilines is 1. The summed E-state index contributed by atoms with van der Waals surface area (Å²) in [7, 11) is 0. The molecule has 1 aliphatic carbocycles. The molecule has 1 aromatic carbocycles. The number of hydrogen-bond acceptors (Lipinski definition) is 5. The van der Waals surface area contributed by atoms with Crippen molar-refractivity contribution in [3.8, 4) is 11.4 Å². The van der Waals surface area contributed by atoms with E-state index in [0.717, 1.165) is 43.8 Å². The van der Waals surface area contributed by atoms with Gasteiger partial charge in [-0.3, -0.25) is 4.90 Å². The van der Waals surface area contributed by atoms with Crippen molar-refractivity contribution >= 4 is 11.7 Å². The van der Waals surface area contributed by atoms with Crippen molar-refractivity contribution in [3.05, 3.63) is 30.2 Å². The van der Waals surface area contributed by atoms with Gasteiger partial charge in [0.05, 0.1) is 12.0 Å². The molecule has 3 aliphatic rings. The van der Waals surface area contributed by atoms with Gasteiger partial charge < -0.3 is 14.6 Å². The third-order valence-corrected chi connectivity index (χ3v) is 5.33. The van der Waals surface area contributed by atoms with Gasteiger partial charge in [-0.2, -0.15) is 4.98 Å². The summed E-state index contributed by atoms with van der Waals surface area (Å²) in [6, 6.07) is 7.68.